The SMILES string of the molecule is CCc1ccc(-c2ccccc2)c2c1-c1ccccc1C2. The summed E-state index contributed by atoms with van der Waals surface area (Å²) < 4.78 is 0. The van der Waals surface area contributed by atoms with Crippen LogP contribution in [-0.4, -0.2) is 0 Å². The standard InChI is InChI=1S/C21H18/c1-2-15-12-13-18(16-8-4-3-5-9-16)20-14-17-10-6-7-11-19(17)21(15)20/h3-13H,2,14H2,1H3. The molecule has 0 saturated heterocycles. The van der Waals surface area contributed by atoms with Crippen LogP contribution in [0.15, 0.2) is 66.7 Å². The maximum Gasteiger partial charge on any atom is -0.000718 e. The Morgan fingerprint density at radius 3 is 2.33 bits per heavy atom. The van der Waals surface area contributed by atoms with Crippen molar-refractivity contribution >= 4 is 0 Å². The predicted molar refractivity (Wildman–Crippen MR) is 89.5 cm³/mol. The van der Waals surface area contributed by atoms with Crippen molar-refractivity contribution in [2.45, 2.75) is 19.8 Å². The molecule has 4 rings (SSSR count). The summed E-state index contributed by atoms with van der Waals surface area (Å²) in [4.78, 5) is 0. The van der Waals surface area contributed by atoms with Crippen molar-refractivity contribution in [2.24, 2.45) is 0 Å². The van der Waals surface area contributed by atoms with Crippen molar-refractivity contribution in [3.05, 3.63) is 83.4 Å². The lowest BCUT2D eigenvalue weighted by Gasteiger charge is -2.13. The summed E-state index contributed by atoms with van der Waals surface area (Å²) in [6, 6.07) is 24.2. The van der Waals surface area contributed by atoms with Gasteiger partial charge >= 0.3 is 0 Å². The molecule has 1 aliphatic carbocycles. The minimum Gasteiger partial charge on any atom is -0.0622 e. The maximum absolute atomic E-state index is 2.31. The third kappa shape index (κ3) is 1.91. The van der Waals surface area contributed by atoms with Gasteiger partial charge in [0.15, 0.2) is 0 Å². The smallest absolute Gasteiger partial charge is 0.000718 e. The molecule has 0 atom stereocenters. The van der Waals surface area contributed by atoms with Gasteiger partial charge in [0.1, 0.15) is 0 Å². The van der Waals surface area contributed by atoms with Crippen LogP contribution in [-0.2, 0) is 12.8 Å². The van der Waals surface area contributed by atoms with Crippen LogP contribution < -0.4 is 0 Å². The number of fused-ring (bicyclic) bond motifs is 3. The van der Waals surface area contributed by atoms with E-state index in [0.717, 1.165) is 12.8 Å². The van der Waals surface area contributed by atoms with Crippen molar-refractivity contribution in [3.63, 3.8) is 0 Å². The van der Waals surface area contributed by atoms with Crippen LogP contribution in [0.1, 0.15) is 23.6 Å². The number of aryl methyl sites for hydroxylation is 1. The van der Waals surface area contributed by atoms with Gasteiger partial charge in [0, 0.05) is 0 Å². The van der Waals surface area contributed by atoms with Gasteiger partial charge in [0.25, 0.3) is 0 Å². The molecule has 0 bridgehead atoms. The van der Waals surface area contributed by atoms with Gasteiger partial charge in [-0.1, -0.05) is 73.7 Å². The van der Waals surface area contributed by atoms with E-state index in [-0.39, 0.29) is 0 Å². The quantitative estimate of drug-likeness (QED) is 0.452. The van der Waals surface area contributed by atoms with Crippen LogP contribution >= 0.6 is 0 Å². The number of benzene rings is 3. The lowest BCUT2D eigenvalue weighted by molar-refractivity contribution is 1.14. The molecule has 0 unspecified atom stereocenters. The zero-order valence-electron chi connectivity index (χ0n) is 12.3. The molecule has 0 fully saturated rings. The number of hydrogen-bond donors (Lipinski definition) is 0. The molecule has 0 spiro atoms. The Labute approximate surface area is 126 Å². The van der Waals surface area contributed by atoms with Crippen LogP contribution in [0.25, 0.3) is 22.3 Å². The van der Waals surface area contributed by atoms with Crippen molar-refractivity contribution < 1.29 is 0 Å². The monoisotopic (exact) mass is 270 g/mol. The average molecular weight is 270 g/mol. The molecule has 3 aromatic carbocycles. The molecule has 0 nitrogen and oxygen atoms in total. The highest BCUT2D eigenvalue weighted by Gasteiger charge is 2.23. The molecule has 0 saturated carbocycles. The van der Waals surface area contributed by atoms with Crippen molar-refractivity contribution in [1.29, 1.82) is 0 Å². The van der Waals surface area contributed by atoms with Gasteiger partial charge in [-0.15, -0.1) is 0 Å². The first kappa shape index (κ1) is 12.4. The van der Waals surface area contributed by atoms with Crippen LogP contribution in [0.4, 0.5) is 0 Å². The Morgan fingerprint density at radius 2 is 1.52 bits per heavy atom. The van der Waals surface area contributed by atoms with E-state index in [1.54, 1.807) is 0 Å². The Kier molecular flexibility index (Phi) is 2.89. The molecule has 0 radical (unpaired) electrons. The minimum absolute atomic E-state index is 1.06. The zero-order chi connectivity index (χ0) is 14.2. The molecule has 0 heterocycles. The van der Waals surface area contributed by atoms with E-state index in [1.165, 1.54) is 38.9 Å². The highest BCUT2D eigenvalue weighted by atomic mass is 14.3. The van der Waals surface area contributed by atoms with E-state index in [2.05, 4.69) is 73.7 Å². The van der Waals surface area contributed by atoms with Gasteiger partial charge in [0.2, 0.25) is 0 Å². The summed E-state index contributed by atoms with van der Waals surface area (Å²) >= 11 is 0. The zero-order valence-corrected chi connectivity index (χ0v) is 12.3. The normalized spacial score (nSPS) is 12.0. The fraction of sp³-hybridized carbons (Fsp3) is 0.143. The molecule has 0 aromatic heterocycles. The highest BCUT2D eigenvalue weighted by molar-refractivity contribution is 5.86. The minimum atomic E-state index is 1.06. The maximum atomic E-state index is 2.31. The van der Waals surface area contributed by atoms with Gasteiger partial charge in [-0.2, -0.15) is 0 Å². The lowest BCUT2D eigenvalue weighted by atomic mass is 9.91. The van der Waals surface area contributed by atoms with E-state index >= 15 is 0 Å². The fourth-order valence-corrected chi connectivity index (χ4v) is 3.51. The molecule has 0 heteroatoms. The molecule has 1 aliphatic rings. The average Bonchev–Trinajstić information content (AvgIpc) is 2.94. The van der Waals surface area contributed by atoms with Gasteiger partial charge in [-0.3, -0.25) is 0 Å². The first-order valence-electron chi connectivity index (χ1n) is 7.67. The first-order valence-corrected chi connectivity index (χ1v) is 7.67. The number of rotatable bonds is 2. The van der Waals surface area contributed by atoms with Gasteiger partial charge in [-0.25, -0.2) is 0 Å². The fourth-order valence-electron chi connectivity index (χ4n) is 3.51. The van der Waals surface area contributed by atoms with Crippen molar-refractivity contribution in [3.8, 4) is 22.3 Å². The van der Waals surface area contributed by atoms with Gasteiger partial charge in [-0.05, 0) is 51.8 Å². The van der Waals surface area contributed by atoms with Crippen LogP contribution in [0.3, 0.4) is 0 Å². The van der Waals surface area contributed by atoms with E-state index < -0.39 is 0 Å². The molecule has 102 valence electrons. The molecular formula is C21H18. The molecule has 21 heavy (non-hydrogen) atoms. The van der Waals surface area contributed by atoms with Crippen LogP contribution in [0, 0.1) is 0 Å². The Morgan fingerprint density at radius 1 is 0.762 bits per heavy atom. The van der Waals surface area contributed by atoms with Crippen molar-refractivity contribution in [1.82, 2.24) is 0 Å². The number of hydrogen-bond acceptors (Lipinski definition) is 0. The summed E-state index contributed by atoms with van der Waals surface area (Å²) in [5.41, 5.74) is 10.1. The molecule has 0 aliphatic heterocycles. The molecule has 0 amide bonds. The van der Waals surface area contributed by atoms with E-state index in [0.29, 0.717) is 0 Å². The highest BCUT2D eigenvalue weighted by Crippen LogP contribution is 2.43. The topological polar surface area (TPSA) is 0 Å². The third-order valence-corrected chi connectivity index (χ3v) is 4.52. The van der Waals surface area contributed by atoms with Gasteiger partial charge < -0.3 is 0 Å². The van der Waals surface area contributed by atoms with Crippen LogP contribution in [0.2, 0.25) is 0 Å². The lowest BCUT2D eigenvalue weighted by Crippen LogP contribution is -1.92. The summed E-state index contributed by atoms with van der Waals surface area (Å²) in [6.07, 6.45) is 2.15. The second-order valence-corrected chi connectivity index (χ2v) is 5.68. The molecule has 3 aromatic rings. The van der Waals surface area contributed by atoms with Crippen LogP contribution in [0.5, 0.6) is 0 Å². The third-order valence-electron chi connectivity index (χ3n) is 4.52. The molecular weight excluding hydrogens is 252 g/mol. The largest absolute Gasteiger partial charge is 0.0622 e. The van der Waals surface area contributed by atoms with E-state index in [9.17, 15) is 0 Å². The Bertz CT molecular complexity index is 798. The summed E-state index contributed by atoms with van der Waals surface area (Å²) in [6.45, 7) is 2.25. The summed E-state index contributed by atoms with van der Waals surface area (Å²) in [5, 5.41) is 0. The van der Waals surface area contributed by atoms with Gasteiger partial charge in [0.05, 0.1) is 0 Å². The molecule has 0 N–H and O–H groups in total. The Hall–Kier alpha value is -2.34. The summed E-state index contributed by atoms with van der Waals surface area (Å²) in [7, 11) is 0. The Balaban J connectivity index is 1.99. The van der Waals surface area contributed by atoms with E-state index in [4.69, 9.17) is 0 Å². The van der Waals surface area contributed by atoms with E-state index in [1.807, 2.05) is 0 Å². The second-order valence-electron chi connectivity index (χ2n) is 5.68. The van der Waals surface area contributed by atoms with Crippen molar-refractivity contribution in [2.75, 3.05) is 0 Å². The second kappa shape index (κ2) is 4.89. The first-order chi connectivity index (χ1) is 10.4. The summed E-state index contributed by atoms with van der Waals surface area (Å²) in [5.74, 6) is 0. The predicted octanol–water partition coefficient (Wildman–Crippen LogP) is 5.49.